The van der Waals surface area contributed by atoms with Crippen LogP contribution in [0.25, 0.3) is 0 Å². The molecule has 2 aliphatic heterocycles. The van der Waals surface area contributed by atoms with E-state index >= 15 is 0 Å². The van der Waals surface area contributed by atoms with Crippen molar-refractivity contribution in [3.05, 3.63) is 0 Å². The fraction of sp³-hybridized carbons (Fsp3) is 0.818. The van der Waals surface area contributed by atoms with Crippen molar-refractivity contribution >= 4 is 23.6 Å². The Hall–Kier alpha value is -2.51. The Morgan fingerprint density at radius 1 is 0.861 bits per heavy atom. The highest BCUT2D eigenvalue weighted by molar-refractivity contribution is 5.97. The average Bonchev–Trinajstić information content (AvgIpc) is 3.29. The lowest BCUT2D eigenvalue weighted by atomic mass is 9.95. The molecule has 2 aliphatic rings. The number of amides is 4. The number of halogens is 5. The molecule has 0 saturated carbocycles. The molecule has 2 heterocycles. The lowest BCUT2D eigenvalue weighted by molar-refractivity contribution is -0.270. The molecule has 4 amide bonds. The molecule has 2 rings (SSSR count). The molecule has 1 unspecified atom stereocenters. The number of nitrogens with one attached hydrogen (secondary N) is 2. The summed E-state index contributed by atoms with van der Waals surface area (Å²) < 4.78 is 70.8. The predicted octanol–water partition coefficient (Wildman–Crippen LogP) is 1.95. The molecule has 0 aromatic rings. The molecule has 0 aromatic heterocycles. The van der Waals surface area contributed by atoms with Crippen molar-refractivity contribution in [3.63, 3.8) is 0 Å². The van der Waals surface area contributed by atoms with Crippen LogP contribution in [0.2, 0.25) is 0 Å². The zero-order valence-electron chi connectivity index (χ0n) is 20.7. The first-order valence-electron chi connectivity index (χ1n) is 11.8. The van der Waals surface area contributed by atoms with Crippen molar-refractivity contribution in [1.82, 2.24) is 20.4 Å². The van der Waals surface area contributed by atoms with E-state index in [1.165, 1.54) is 23.6 Å². The zero-order valence-corrected chi connectivity index (χ0v) is 20.7. The minimum absolute atomic E-state index is 0.118. The summed E-state index contributed by atoms with van der Waals surface area (Å²) in [5.74, 6) is -11.1. The molecule has 206 valence electrons. The molecule has 14 heteroatoms. The number of ether oxygens (including phenoxy) is 1. The van der Waals surface area contributed by atoms with Gasteiger partial charge < -0.3 is 25.2 Å². The Balaban J connectivity index is 2.16. The van der Waals surface area contributed by atoms with Crippen LogP contribution in [0, 0.1) is 11.8 Å². The van der Waals surface area contributed by atoms with E-state index in [0.717, 1.165) is 0 Å². The maximum absolute atomic E-state index is 13.7. The summed E-state index contributed by atoms with van der Waals surface area (Å²) in [6.07, 6.45) is -5.62. The molecule has 36 heavy (non-hydrogen) atoms. The van der Waals surface area contributed by atoms with Crippen LogP contribution in [0.1, 0.15) is 40.5 Å². The summed E-state index contributed by atoms with van der Waals surface area (Å²) in [4.78, 5) is 53.6. The molecule has 2 fully saturated rings. The third-order valence-electron chi connectivity index (χ3n) is 6.26. The number of nitrogens with zero attached hydrogens (tertiary/aromatic N) is 2. The lowest BCUT2D eigenvalue weighted by Gasteiger charge is -2.34. The van der Waals surface area contributed by atoms with E-state index < -0.39 is 59.8 Å². The van der Waals surface area contributed by atoms with Crippen molar-refractivity contribution in [2.45, 2.75) is 70.8 Å². The van der Waals surface area contributed by atoms with Gasteiger partial charge in [0.15, 0.2) is 0 Å². The van der Waals surface area contributed by atoms with Crippen molar-refractivity contribution in [1.29, 1.82) is 0 Å². The molecule has 0 aliphatic carbocycles. The van der Waals surface area contributed by atoms with Gasteiger partial charge in [-0.05, 0) is 24.7 Å². The predicted molar refractivity (Wildman–Crippen MR) is 117 cm³/mol. The molecule has 3 atom stereocenters. The van der Waals surface area contributed by atoms with Gasteiger partial charge in [-0.15, -0.1) is 0 Å². The van der Waals surface area contributed by atoms with E-state index in [-0.39, 0.29) is 18.9 Å². The van der Waals surface area contributed by atoms with Gasteiger partial charge in [0.25, 0.3) is 0 Å². The van der Waals surface area contributed by atoms with Gasteiger partial charge in [0.05, 0.1) is 19.3 Å². The number of hydrogen-bond acceptors (Lipinski definition) is 5. The highest BCUT2D eigenvalue weighted by atomic mass is 19.4. The largest absolute Gasteiger partial charge is 0.461 e. The minimum Gasteiger partial charge on any atom is -0.378 e. The molecule has 2 saturated heterocycles. The fourth-order valence-corrected chi connectivity index (χ4v) is 4.11. The monoisotopic (exact) mass is 528 g/mol. The Morgan fingerprint density at radius 2 is 1.42 bits per heavy atom. The zero-order chi connectivity index (χ0) is 27.4. The summed E-state index contributed by atoms with van der Waals surface area (Å²) in [7, 11) is 0. The SMILES string of the molecule is CC(C)C(NC(=O)[C@H]1CCCN1C(=O)[C@@H](NC(=O)N1CCOCC1)C(C)C)C(=O)C(F)(F)C(F)(F)F. The van der Waals surface area contributed by atoms with Crippen LogP contribution in [0.3, 0.4) is 0 Å². The van der Waals surface area contributed by atoms with Gasteiger partial charge in [0.1, 0.15) is 12.1 Å². The van der Waals surface area contributed by atoms with E-state index in [2.05, 4.69) is 5.32 Å². The maximum atomic E-state index is 13.7. The minimum atomic E-state index is -6.11. The second-order valence-electron chi connectivity index (χ2n) is 9.63. The van der Waals surface area contributed by atoms with Crippen LogP contribution in [-0.4, -0.2) is 96.5 Å². The Morgan fingerprint density at radius 3 is 1.92 bits per heavy atom. The molecular weight excluding hydrogens is 495 g/mol. The van der Waals surface area contributed by atoms with E-state index in [1.807, 2.05) is 5.32 Å². The number of rotatable bonds is 8. The number of alkyl halides is 5. The standard InChI is InChI=1S/C22H33F5N4O5/c1-12(2)15(17(32)21(23,24)22(25,26)27)28-18(33)14-6-5-7-31(14)19(34)16(13(3)4)29-20(35)30-8-10-36-11-9-30/h12-16H,5-11H2,1-4H3,(H,28,33)(H,29,35)/t14-,15?,16+/m1/s1. The van der Waals surface area contributed by atoms with Crippen molar-refractivity contribution in [3.8, 4) is 0 Å². The summed E-state index contributed by atoms with van der Waals surface area (Å²) in [6.45, 7) is 7.34. The first kappa shape index (κ1) is 29.7. The number of hydrogen-bond donors (Lipinski definition) is 2. The molecule has 2 N–H and O–H groups in total. The first-order valence-corrected chi connectivity index (χ1v) is 11.8. The summed E-state index contributed by atoms with van der Waals surface area (Å²) in [5, 5.41) is 4.68. The average molecular weight is 529 g/mol. The third kappa shape index (κ3) is 6.62. The second kappa shape index (κ2) is 11.7. The normalized spacial score (nSPS) is 20.9. The Kier molecular flexibility index (Phi) is 9.65. The van der Waals surface area contributed by atoms with Gasteiger partial charge in [-0.2, -0.15) is 22.0 Å². The van der Waals surface area contributed by atoms with Crippen molar-refractivity contribution in [2.24, 2.45) is 11.8 Å². The summed E-state index contributed by atoms with van der Waals surface area (Å²) >= 11 is 0. The van der Waals surface area contributed by atoms with Crippen LogP contribution in [0.15, 0.2) is 0 Å². The molecule has 0 radical (unpaired) electrons. The Labute approximate surface area is 206 Å². The number of Topliss-reactive ketones (excluding diaryl/α,β-unsaturated/α-hetero) is 1. The van der Waals surface area contributed by atoms with Crippen molar-refractivity contribution < 1.29 is 45.9 Å². The number of carbonyl (C=O) groups is 4. The second-order valence-corrected chi connectivity index (χ2v) is 9.63. The number of morpholine rings is 1. The van der Waals surface area contributed by atoms with Crippen LogP contribution >= 0.6 is 0 Å². The van der Waals surface area contributed by atoms with E-state index in [1.54, 1.807) is 13.8 Å². The van der Waals surface area contributed by atoms with Gasteiger partial charge in [-0.3, -0.25) is 14.4 Å². The molecule has 0 bridgehead atoms. The number of urea groups is 1. The summed E-state index contributed by atoms with van der Waals surface area (Å²) in [5.41, 5.74) is 0. The smallest absolute Gasteiger partial charge is 0.378 e. The van der Waals surface area contributed by atoms with E-state index in [4.69, 9.17) is 4.74 Å². The van der Waals surface area contributed by atoms with E-state index in [9.17, 15) is 41.1 Å². The fourth-order valence-electron chi connectivity index (χ4n) is 4.11. The summed E-state index contributed by atoms with van der Waals surface area (Å²) in [6, 6.07) is -4.79. The topological polar surface area (TPSA) is 108 Å². The van der Waals surface area contributed by atoms with Crippen LogP contribution in [-0.2, 0) is 19.1 Å². The first-order chi connectivity index (χ1) is 16.6. The van der Waals surface area contributed by atoms with Gasteiger partial charge in [0, 0.05) is 19.6 Å². The quantitative estimate of drug-likeness (QED) is 0.469. The molecule has 0 spiro atoms. The van der Waals surface area contributed by atoms with Crippen LogP contribution < -0.4 is 10.6 Å². The number of carbonyl (C=O) groups excluding carboxylic acids is 4. The van der Waals surface area contributed by atoms with Crippen LogP contribution in [0.4, 0.5) is 26.7 Å². The number of ketones is 1. The van der Waals surface area contributed by atoms with Crippen molar-refractivity contribution in [2.75, 3.05) is 32.8 Å². The third-order valence-corrected chi connectivity index (χ3v) is 6.26. The van der Waals surface area contributed by atoms with Gasteiger partial charge >= 0.3 is 18.1 Å². The number of likely N-dealkylation sites (tertiary alicyclic amines) is 1. The highest BCUT2D eigenvalue weighted by Gasteiger charge is 2.64. The van der Waals surface area contributed by atoms with Gasteiger partial charge in [-0.1, -0.05) is 27.7 Å². The molecular formula is C22H33F5N4O5. The highest BCUT2D eigenvalue weighted by Crippen LogP contribution is 2.37. The maximum Gasteiger partial charge on any atom is 0.461 e. The van der Waals surface area contributed by atoms with Gasteiger partial charge in [0.2, 0.25) is 17.6 Å². The molecule has 0 aromatic carbocycles. The Bertz CT molecular complexity index is 830. The lowest BCUT2D eigenvalue weighted by Crippen LogP contribution is -2.60. The van der Waals surface area contributed by atoms with E-state index in [0.29, 0.717) is 32.7 Å². The van der Waals surface area contributed by atoms with Crippen LogP contribution in [0.5, 0.6) is 0 Å². The molecule has 9 nitrogen and oxygen atoms in total. The van der Waals surface area contributed by atoms with Gasteiger partial charge in [-0.25, -0.2) is 4.79 Å².